The molecule has 0 unspecified atom stereocenters. The van der Waals surface area contributed by atoms with Crippen molar-refractivity contribution in [2.75, 3.05) is 18.5 Å². The SMILES string of the molecule is CCNc1cc(Sc2ncc[nH]2)nc(COCC)n1. The molecule has 102 valence electrons. The van der Waals surface area contributed by atoms with Crippen LogP contribution in [0.5, 0.6) is 0 Å². The van der Waals surface area contributed by atoms with Crippen LogP contribution in [-0.2, 0) is 11.3 Å². The standard InChI is InChI=1S/C12H17N5OS/c1-3-13-9-7-11(19-12-14-5-6-15-12)17-10(16-9)8-18-4-2/h5-7H,3-4,8H2,1-2H3,(H,14,15)(H,13,16,17). The summed E-state index contributed by atoms with van der Waals surface area (Å²) >= 11 is 1.47. The molecule has 0 spiro atoms. The molecule has 0 fully saturated rings. The van der Waals surface area contributed by atoms with Gasteiger partial charge in [0.1, 0.15) is 17.5 Å². The first-order valence-electron chi connectivity index (χ1n) is 6.18. The maximum atomic E-state index is 5.36. The van der Waals surface area contributed by atoms with Gasteiger partial charge in [0.15, 0.2) is 11.0 Å². The molecule has 2 N–H and O–H groups in total. The Morgan fingerprint density at radius 2 is 2.26 bits per heavy atom. The van der Waals surface area contributed by atoms with Crippen LogP contribution in [0.2, 0.25) is 0 Å². The lowest BCUT2D eigenvalue weighted by Gasteiger charge is -2.08. The number of imidazole rings is 1. The Morgan fingerprint density at radius 1 is 1.37 bits per heavy atom. The first-order chi connectivity index (χ1) is 9.31. The van der Waals surface area contributed by atoms with E-state index in [0.29, 0.717) is 19.0 Å². The number of nitrogens with zero attached hydrogens (tertiary/aromatic N) is 3. The second kappa shape index (κ2) is 7.10. The molecule has 0 amide bonds. The molecule has 2 heterocycles. The summed E-state index contributed by atoms with van der Waals surface area (Å²) in [6.45, 7) is 5.86. The zero-order chi connectivity index (χ0) is 13.5. The number of ether oxygens (including phenoxy) is 1. The number of rotatable bonds is 7. The van der Waals surface area contributed by atoms with E-state index in [-0.39, 0.29) is 0 Å². The van der Waals surface area contributed by atoms with Crippen LogP contribution in [0, 0.1) is 0 Å². The fourth-order valence-electron chi connectivity index (χ4n) is 1.46. The van der Waals surface area contributed by atoms with Gasteiger partial charge in [-0.1, -0.05) is 0 Å². The minimum absolute atomic E-state index is 0.418. The van der Waals surface area contributed by atoms with Crippen LogP contribution in [0.15, 0.2) is 28.6 Å². The molecule has 0 atom stereocenters. The Balaban J connectivity index is 2.17. The zero-order valence-corrected chi connectivity index (χ0v) is 11.8. The van der Waals surface area contributed by atoms with Crippen LogP contribution in [0.4, 0.5) is 5.82 Å². The van der Waals surface area contributed by atoms with Gasteiger partial charge < -0.3 is 15.0 Å². The van der Waals surface area contributed by atoms with Crippen molar-refractivity contribution in [2.24, 2.45) is 0 Å². The Labute approximate surface area is 116 Å². The lowest BCUT2D eigenvalue weighted by Crippen LogP contribution is -2.06. The molecule has 2 aromatic rings. The van der Waals surface area contributed by atoms with E-state index in [1.165, 1.54) is 11.8 Å². The zero-order valence-electron chi connectivity index (χ0n) is 11.0. The van der Waals surface area contributed by atoms with E-state index in [2.05, 4.69) is 25.3 Å². The van der Waals surface area contributed by atoms with Gasteiger partial charge in [-0.3, -0.25) is 0 Å². The van der Waals surface area contributed by atoms with Crippen molar-refractivity contribution >= 4 is 17.6 Å². The number of anilines is 1. The van der Waals surface area contributed by atoms with Gasteiger partial charge >= 0.3 is 0 Å². The van der Waals surface area contributed by atoms with Gasteiger partial charge in [-0.15, -0.1) is 0 Å². The van der Waals surface area contributed by atoms with Gasteiger partial charge in [0.05, 0.1) is 0 Å². The van der Waals surface area contributed by atoms with Crippen molar-refractivity contribution in [3.63, 3.8) is 0 Å². The summed E-state index contributed by atoms with van der Waals surface area (Å²) in [5.74, 6) is 1.48. The smallest absolute Gasteiger partial charge is 0.171 e. The second-order valence-corrected chi connectivity index (χ2v) is 4.68. The molecule has 0 aliphatic carbocycles. The summed E-state index contributed by atoms with van der Waals surface area (Å²) in [4.78, 5) is 16.1. The molecule has 0 saturated heterocycles. The van der Waals surface area contributed by atoms with Crippen molar-refractivity contribution in [2.45, 2.75) is 30.6 Å². The molecule has 2 rings (SSSR count). The molecule has 7 heteroatoms. The van der Waals surface area contributed by atoms with Crippen LogP contribution < -0.4 is 5.32 Å². The van der Waals surface area contributed by atoms with Crippen molar-refractivity contribution in [3.8, 4) is 0 Å². The first-order valence-corrected chi connectivity index (χ1v) is 7.00. The van der Waals surface area contributed by atoms with E-state index in [4.69, 9.17) is 4.74 Å². The minimum atomic E-state index is 0.418. The summed E-state index contributed by atoms with van der Waals surface area (Å²) in [5.41, 5.74) is 0. The highest BCUT2D eigenvalue weighted by molar-refractivity contribution is 7.99. The molecular weight excluding hydrogens is 262 g/mol. The number of hydrogen-bond acceptors (Lipinski definition) is 6. The Kier molecular flexibility index (Phi) is 5.17. The van der Waals surface area contributed by atoms with E-state index in [1.807, 2.05) is 19.9 Å². The summed E-state index contributed by atoms with van der Waals surface area (Å²) in [6.07, 6.45) is 3.51. The molecule has 0 aliphatic rings. The molecule has 19 heavy (non-hydrogen) atoms. The molecule has 0 radical (unpaired) electrons. The monoisotopic (exact) mass is 279 g/mol. The van der Waals surface area contributed by atoms with E-state index in [1.54, 1.807) is 12.4 Å². The lowest BCUT2D eigenvalue weighted by atomic mass is 10.5. The van der Waals surface area contributed by atoms with Crippen LogP contribution in [0.1, 0.15) is 19.7 Å². The summed E-state index contributed by atoms with van der Waals surface area (Å²) < 4.78 is 5.36. The van der Waals surface area contributed by atoms with E-state index < -0.39 is 0 Å². The molecule has 0 saturated carbocycles. The summed E-state index contributed by atoms with van der Waals surface area (Å²) in [7, 11) is 0. The lowest BCUT2D eigenvalue weighted by molar-refractivity contribution is 0.128. The fourth-order valence-corrected chi connectivity index (χ4v) is 2.22. The van der Waals surface area contributed by atoms with Gasteiger partial charge in [0.25, 0.3) is 0 Å². The van der Waals surface area contributed by atoms with Gasteiger partial charge in [-0.05, 0) is 25.6 Å². The molecular formula is C12H17N5OS. The van der Waals surface area contributed by atoms with E-state index in [9.17, 15) is 0 Å². The minimum Gasteiger partial charge on any atom is -0.374 e. The number of hydrogen-bond donors (Lipinski definition) is 2. The van der Waals surface area contributed by atoms with Gasteiger partial charge in [-0.25, -0.2) is 15.0 Å². The molecule has 0 aliphatic heterocycles. The highest BCUT2D eigenvalue weighted by Gasteiger charge is 2.07. The van der Waals surface area contributed by atoms with Crippen LogP contribution in [0.25, 0.3) is 0 Å². The third kappa shape index (κ3) is 4.22. The third-order valence-electron chi connectivity index (χ3n) is 2.22. The number of aromatic amines is 1. The highest BCUT2D eigenvalue weighted by atomic mass is 32.2. The Hall–Kier alpha value is -1.60. The number of aromatic nitrogens is 4. The van der Waals surface area contributed by atoms with Crippen molar-refractivity contribution < 1.29 is 4.74 Å². The van der Waals surface area contributed by atoms with Crippen LogP contribution >= 0.6 is 11.8 Å². The highest BCUT2D eigenvalue weighted by Crippen LogP contribution is 2.24. The maximum absolute atomic E-state index is 5.36. The van der Waals surface area contributed by atoms with Crippen molar-refractivity contribution in [1.29, 1.82) is 0 Å². The predicted molar refractivity (Wildman–Crippen MR) is 74.2 cm³/mol. The van der Waals surface area contributed by atoms with Crippen molar-refractivity contribution in [1.82, 2.24) is 19.9 Å². The van der Waals surface area contributed by atoms with Crippen LogP contribution in [0.3, 0.4) is 0 Å². The number of nitrogens with one attached hydrogen (secondary N) is 2. The summed E-state index contributed by atoms with van der Waals surface area (Å²) in [5, 5.41) is 4.85. The average Bonchev–Trinajstić information content (AvgIpc) is 2.89. The number of H-pyrrole nitrogens is 1. The topological polar surface area (TPSA) is 75.7 Å². The maximum Gasteiger partial charge on any atom is 0.171 e. The molecule has 6 nitrogen and oxygen atoms in total. The van der Waals surface area contributed by atoms with Crippen molar-refractivity contribution in [3.05, 3.63) is 24.3 Å². The van der Waals surface area contributed by atoms with Gasteiger partial charge in [-0.2, -0.15) is 0 Å². The quantitative estimate of drug-likeness (QED) is 0.758. The normalized spacial score (nSPS) is 10.6. The second-order valence-electron chi connectivity index (χ2n) is 3.67. The fraction of sp³-hybridized carbons (Fsp3) is 0.417. The van der Waals surface area contributed by atoms with Crippen LogP contribution in [-0.4, -0.2) is 33.1 Å². The molecule has 0 aromatic carbocycles. The Morgan fingerprint density at radius 3 is 2.95 bits per heavy atom. The van der Waals surface area contributed by atoms with Gasteiger partial charge in [0, 0.05) is 31.6 Å². The first kappa shape index (κ1) is 13.8. The van der Waals surface area contributed by atoms with E-state index in [0.717, 1.165) is 22.5 Å². The summed E-state index contributed by atoms with van der Waals surface area (Å²) in [6, 6.07) is 1.91. The van der Waals surface area contributed by atoms with Gasteiger partial charge in [0.2, 0.25) is 0 Å². The predicted octanol–water partition coefficient (Wildman–Crippen LogP) is 2.32. The third-order valence-corrected chi connectivity index (χ3v) is 3.05. The molecule has 2 aromatic heterocycles. The Bertz CT molecular complexity index is 503. The largest absolute Gasteiger partial charge is 0.374 e. The average molecular weight is 279 g/mol. The van der Waals surface area contributed by atoms with E-state index >= 15 is 0 Å². The molecule has 0 bridgehead atoms.